The summed E-state index contributed by atoms with van der Waals surface area (Å²) in [5, 5.41) is 3.94. The average molecular weight is 270 g/mol. The zero-order chi connectivity index (χ0) is 11.7. The monoisotopic (exact) mass is 269 g/mol. The number of halogens is 1. The molecule has 0 spiro atoms. The third-order valence-corrected chi connectivity index (χ3v) is 4.73. The normalized spacial score (nSPS) is 20.3. The Morgan fingerprint density at radius 2 is 2.00 bits per heavy atom. The summed E-state index contributed by atoms with van der Waals surface area (Å²) in [4.78, 5) is 9.88. The molecule has 3 nitrogen and oxygen atoms in total. The van der Waals surface area contributed by atoms with Crippen LogP contribution in [-0.2, 0) is 6.42 Å². The molecule has 0 aromatic carbocycles. The second-order valence-corrected chi connectivity index (χ2v) is 6.14. The number of hydrogen-bond donors (Lipinski definition) is 1. The highest BCUT2D eigenvalue weighted by atomic mass is 35.5. The molecule has 0 radical (unpaired) electrons. The zero-order valence-electron chi connectivity index (χ0n) is 9.71. The van der Waals surface area contributed by atoms with E-state index in [9.17, 15) is 0 Å². The fourth-order valence-electron chi connectivity index (χ4n) is 2.58. The second-order valence-electron chi connectivity index (χ2n) is 4.69. The van der Waals surface area contributed by atoms with Crippen molar-refractivity contribution in [3.8, 4) is 0 Å². The molecule has 3 rings (SSSR count). The van der Waals surface area contributed by atoms with Crippen LogP contribution < -0.4 is 5.32 Å². The fourth-order valence-corrected chi connectivity index (χ4v) is 3.82. The van der Waals surface area contributed by atoms with Crippen molar-refractivity contribution in [3.63, 3.8) is 0 Å². The maximum atomic E-state index is 5.97. The number of aryl methyl sites for hydroxylation is 1. The molecule has 2 heterocycles. The Kier molecular flexibility index (Phi) is 3.43. The van der Waals surface area contributed by atoms with Gasteiger partial charge in [0.25, 0.3) is 0 Å². The third kappa shape index (κ3) is 2.52. The van der Waals surface area contributed by atoms with Crippen LogP contribution in [0.2, 0.25) is 5.28 Å². The molecule has 0 atom stereocenters. The second kappa shape index (κ2) is 5.02. The van der Waals surface area contributed by atoms with Crippen molar-refractivity contribution in [1.82, 2.24) is 9.97 Å². The van der Waals surface area contributed by atoms with E-state index in [0.29, 0.717) is 11.3 Å². The SMILES string of the molecule is Clc1nc2c(c(NC3CCCCC3)n1)SCC2. The van der Waals surface area contributed by atoms with E-state index in [-0.39, 0.29) is 0 Å². The van der Waals surface area contributed by atoms with E-state index in [1.165, 1.54) is 37.0 Å². The van der Waals surface area contributed by atoms with Gasteiger partial charge in [0.05, 0.1) is 10.6 Å². The number of fused-ring (bicyclic) bond motifs is 1. The van der Waals surface area contributed by atoms with Gasteiger partial charge in [-0.15, -0.1) is 11.8 Å². The molecule has 2 aliphatic rings. The number of nitrogens with zero attached hydrogens (tertiary/aromatic N) is 2. The van der Waals surface area contributed by atoms with Gasteiger partial charge in [-0.25, -0.2) is 4.98 Å². The largest absolute Gasteiger partial charge is 0.366 e. The van der Waals surface area contributed by atoms with Gasteiger partial charge in [-0.3, -0.25) is 0 Å². The summed E-state index contributed by atoms with van der Waals surface area (Å²) in [6.45, 7) is 0. The molecule has 0 amide bonds. The average Bonchev–Trinajstić information content (AvgIpc) is 2.78. The van der Waals surface area contributed by atoms with Crippen molar-refractivity contribution >= 4 is 29.2 Å². The van der Waals surface area contributed by atoms with Crippen LogP contribution in [0, 0.1) is 0 Å². The quantitative estimate of drug-likeness (QED) is 0.834. The van der Waals surface area contributed by atoms with E-state index in [2.05, 4.69) is 15.3 Å². The van der Waals surface area contributed by atoms with Gasteiger partial charge in [-0.1, -0.05) is 19.3 Å². The zero-order valence-corrected chi connectivity index (χ0v) is 11.3. The maximum Gasteiger partial charge on any atom is 0.224 e. The van der Waals surface area contributed by atoms with E-state index in [1.54, 1.807) is 0 Å². The van der Waals surface area contributed by atoms with Gasteiger partial charge in [-0.05, 0) is 24.4 Å². The number of thioether (sulfide) groups is 1. The standard InChI is InChI=1S/C12H16ClN3S/c13-12-15-9-6-7-17-10(9)11(16-12)14-8-4-2-1-3-5-8/h8H,1-7H2,(H,14,15,16). The van der Waals surface area contributed by atoms with Crippen molar-refractivity contribution in [1.29, 1.82) is 0 Å². The predicted molar refractivity (Wildman–Crippen MR) is 72.0 cm³/mol. The van der Waals surface area contributed by atoms with Crippen LogP contribution in [0.5, 0.6) is 0 Å². The molecule has 0 unspecified atom stereocenters. The minimum atomic E-state index is 0.379. The first-order chi connectivity index (χ1) is 8.33. The van der Waals surface area contributed by atoms with Gasteiger partial charge < -0.3 is 5.32 Å². The highest BCUT2D eigenvalue weighted by Gasteiger charge is 2.22. The molecule has 1 aromatic rings. The smallest absolute Gasteiger partial charge is 0.224 e. The highest BCUT2D eigenvalue weighted by molar-refractivity contribution is 7.99. The summed E-state index contributed by atoms with van der Waals surface area (Å²) >= 11 is 7.82. The molecule has 1 aromatic heterocycles. The van der Waals surface area contributed by atoms with Gasteiger partial charge in [0.15, 0.2) is 0 Å². The lowest BCUT2D eigenvalue weighted by Crippen LogP contribution is -2.23. The molecular formula is C12H16ClN3S. The van der Waals surface area contributed by atoms with Crippen LogP contribution in [0.3, 0.4) is 0 Å². The number of aromatic nitrogens is 2. The van der Waals surface area contributed by atoms with E-state index >= 15 is 0 Å². The number of rotatable bonds is 2. The summed E-state index contributed by atoms with van der Waals surface area (Å²) in [5.74, 6) is 2.07. The Balaban J connectivity index is 1.82. The third-order valence-electron chi connectivity index (χ3n) is 3.44. The molecule has 0 bridgehead atoms. The van der Waals surface area contributed by atoms with Gasteiger partial charge >= 0.3 is 0 Å². The lowest BCUT2D eigenvalue weighted by Gasteiger charge is -2.24. The molecule has 92 valence electrons. The number of anilines is 1. The molecule has 1 aliphatic heterocycles. The van der Waals surface area contributed by atoms with Crippen molar-refractivity contribution in [2.24, 2.45) is 0 Å². The lowest BCUT2D eigenvalue weighted by atomic mass is 9.95. The van der Waals surface area contributed by atoms with Crippen LogP contribution >= 0.6 is 23.4 Å². The van der Waals surface area contributed by atoms with Crippen molar-refractivity contribution in [2.45, 2.75) is 49.5 Å². The summed E-state index contributed by atoms with van der Waals surface area (Å²) in [6, 6.07) is 0.569. The molecule has 1 saturated carbocycles. The van der Waals surface area contributed by atoms with E-state index in [4.69, 9.17) is 11.6 Å². The van der Waals surface area contributed by atoms with E-state index < -0.39 is 0 Å². The first-order valence-corrected chi connectivity index (χ1v) is 7.65. The minimum Gasteiger partial charge on any atom is -0.366 e. The molecule has 1 aliphatic carbocycles. The van der Waals surface area contributed by atoms with Crippen LogP contribution in [0.15, 0.2) is 4.90 Å². The van der Waals surface area contributed by atoms with Crippen molar-refractivity contribution in [2.75, 3.05) is 11.1 Å². The number of hydrogen-bond acceptors (Lipinski definition) is 4. The number of nitrogens with one attached hydrogen (secondary N) is 1. The molecule has 1 fully saturated rings. The van der Waals surface area contributed by atoms with Crippen LogP contribution in [0.4, 0.5) is 5.82 Å². The summed E-state index contributed by atoms with van der Waals surface area (Å²) in [5.41, 5.74) is 1.12. The Morgan fingerprint density at radius 3 is 2.82 bits per heavy atom. The lowest BCUT2D eigenvalue weighted by molar-refractivity contribution is 0.461. The molecule has 1 N–H and O–H groups in total. The summed E-state index contributed by atoms with van der Waals surface area (Å²) in [7, 11) is 0. The van der Waals surface area contributed by atoms with Crippen LogP contribution in [0.1, 0.15) is 37.8 Å². The summed E-state index contributed by atoms with van der Waals surface area (Å²) < 4.78 is 0. The summed E-state index contributed by atoms with van der Waals surface area (Å²) in [6.07, 6.45) is 7.54. The maximum absolute atomic E-state index is 5.97. The highest BCUT2D eigenvalue weighted by Crippen LogP contribution is 2.37. The minimum absolute atomic E-state index is 0.379. The van der Waals surface area contributed by atoms with Crippen LogP contribution in [-0.4, -0.2) is 21.8 Å². The molecular weight excluding hydrogens is 254 g/mol. The Hall–Kier alpha value is -0.480. The van der Waals surface area contributed by atoms with Crippen molar-refractivity contribution < 1.29 is 0 Å². The van der Waals surface area contributed by atoms with Gasteiger partial charge in [0, 0.05) is 18.2 Å². The van der Waals surface area contributed by atoms with E-state index in [1.807, 2.05) is 11.8 Å². The Labute approximate surface area is 111 Å². The molecule has 0 saturated heterocycles. The fraction of sp³-hybridized carbons (Fsp3) is 0.667. The Bertz CT molecular complexity index is 418. The predicted octanol–water partition coefficient (Wildman–Crippen LogP) is 3.52. The van der Waals surface area contributed by atoms with Crippen molar-refractivity contribution in [3.05, 3.63) is 11.0 Å². The van der Waals surface area contributed by atoms with E-state index in [0.717, 1.165) is 23.7 Å². The van der Waals surface area contributed by atoms with Gasteiger partial charge in [0.2, 0.25) is 5.28 Å². The molecule has 5 heteroatoms. The van der Waals surface area contributed by atoms with Crippen LogP contribution in [0.25, 0.3) is 0 Å². The first-order valence-electron chi connectivity index (χ1n) is 6.28. The first kappa shape index (κ1) is 11.6. The topological polar surface area (TPSA) is 37.8 Å². The molecule has 17 heavy (non-hydrogen) atoms. The van der Waals surface area contributed by atoms with Gasteiger partial charge in [0.1, 0.15) is 5.82 Å². The van der Waals surface area contributed by atoms with Gasteiger partial charge in [-0.2, -0.15) is 4.98 Å². The Morgan fingerprint density at radius 1 is 1.18 bits per heavy atom.